The van der Waals surface area contributed by atoms with Gasteiger partial charge in [0.15, 0.2) is 12.0 Å². The average Bonchev–Trinajstić information content (AvgIpc) is 3.51. The molecule has 1 aliphatic rings. The van der Waals surface area contributed by atoms with Crippen molar-refractivity contribution in [3.8, 4) is 22.8 Å². The van der Waals surface area contributed by atoms with E-state index >= 15 is 0 Å². The van der Waals surface area contributed by atoms with Crippen molar-refractivity contribution in [3.05, 3.63) is 39.9 Å². The second-order valence-corrected chi connectivity index (χ2v) is 9.28. The van der Waals surface area contributed by atoms with Crippen LogP contribution in [-0.4, -0.2) is 43.0 Å². The van der Waals surface area contributed by atoms with Crippen molar-refractivity contribution in [1.29, 1.82) is 10.5 Å². The third-order valence-electron chi connectivity index (χ3n) is 5.50. The zero-order valence-corrected chi connectivity index (χ0v) is 23.8. The summed E-state index contributed by atoms with van der Waals surface area (Å²) in [6, 6.07) is 8.00. The summed E-state index contributed by atoms with van der Waals surface area (Å²) < 4.78 is 4.25. The Hall–Kier alpha value is -2.74. The van der Waals surface area contributed by atoms with Gasteiger partial charge < -0.3 is 9.64 Å². The molecule has 2 heterocycles. The molecule has 0 amide bonds. The van der Waals surface area contributed by atoms with Crippen LogP contribution in [0.25, 0.3) is 10.6 Å². The molecule has 35 heavy (non-hydrogen) atoms. The average molecular weight is 499 g/mol. The lowest BCUT2D eigenvalue weighted by Crippen LogP contribution is -2.12. The summed E-state index contributed by atoms with van der Waals surface area (Å²) in [6.07, 6.45) is 4.86. The molecule has 2 unspecified atom stereocenters. The Bertz CT molecular complexity index is 988. The van der Waals surface area contributed by atoms with E-state index in [-0.39, 0.29) is 11.7 Å². The molecule has 0 spiro atoms. The van der Waals surface area contributed by atoms with Crippen LogP contribution in [-0.2, 0) is 11.2 Å². The first-order chi connectivity index (χ1) is 16.8. The van der Waals surface area contributed by atoms with Crippen molar-refractivity contribution in [1.82, 2.24) is 9.88 Å². The molecule has 1 aromatic carbocycles. The fourth-order valence-corrected chi connectivity index (χ4v) is 4.57. The predicted molar refractivity (Wildman–Crippen MR) is 145 cm³/mol. The smallest absolute Gasteiger partial charge is 0.179 e. The maximum atomic E-state index is 12.5. The number of Topliss-reactive ketones (excluding diaryl/α,β-unsaturated/α-hetero) is 1. The Morgan fingerprint density at radius 1 is 1.29 bits per heavy atom. The number of likely N-dealkylation sites (tertiary alicyclic amines) is 1. The van der Waals surface area contributed by atoms with E-state index in [0.29, 0.717) is 5.56 Å². The van der Waals surface area contributed by atoms with Crippen LogP contribution < -0.4 is 0 Å². The predicted octanol–water partition coefficient (Wildman–Crippen LogP) is 6.88. The molecule has 0 bridgehead atoms. The number of aryl methyl sites for hydroxylation is 2. The first-order valence-electron chi connectivity index (χ1n) is 12.4. The molecule has 0 aliphatic carbocycles. The molecule has 0 N–H and O–H groups in total. The third-order valence-corrected chi connectivity index (χ3v) is 6.64. The van der Waals surface area contributed by atoms with Crippen LogP contribution in [0.2, 0.25) is 0 Å². The molecule has 1 aromatic heterocycles. The number of ketones is 1. The molecule has 2 atom stereocenters. The fraction of sp³-hybridized carbons (Fsp3) is 0.571. The van der Waals surface area contributed by atoms with Crippen molar-refractivity contribution in [3.63, 3.8) is 0 Å². The molecule has 0 radical (unpaired) electrons. The molecule has 1 aliphatic heterocycles. The number of nitrogens with zero attached hydrogens (tertiary/aromatic N) is 4. The van der Waals surface area contributed by atoms with Gasteiger partial charge in [-0.1, -0.05) is 59.7 Å². The Kier molecular flexibility index (Phi) is 16.3. The molecule has 0 saturated carbocycles. The van der Waals surface area contributed by atoms with Crippen LogP contribution in [0.15, 0.2) is 18.2 Å². The summed E-state index contributed by atoms with van der Waals surface area (Å²) >= 11 is 1.42. The van der Waals surface area contributed by atoms with Crippen LogP contribution in [0.5, 0.6) is 0 Å². The van der Waals surface area contributed by atoms with Gasteiger partial charge in [0.05, 0.1) is 16.1 Å². The SMILES string of the molecule is CC.CC1CCN(C#N)C1.CCc1nc(-c2cccc(C)c2C#N)sc1C(=O)C(C)CC.COC. The minimum absolute atomic E-state index is 0.00606. The number of benzene rings is 1. The number of methoxy groups -OCH3 is 1. The molecule has 7 heteroatoms. The number of rotatable bonds is 5. The van der Waals surface area contributed by atoms with E-state index in [1.165, 1.54) is 17.8 Å². The summed E-state index contributed by atoms with van der Waals surface area (Å²) in [5, 5.41) is 18.5. The highest BCUT2D eigenvalue weighted by atomic mass is 32.1. The molecule has 3 rings (SSSR count). The van der Waals surface area contributed by atoms with E-state index in [2.05, 4.69) is 28.9 Å². The van der Waals surface area contributed by atoms with Crippen LogP contribution in [0.4, 0.5) is 0 Å². The minimum atomic E-state index is 0.00606. The summed E-state index contributed by atoms with van der Waals surface area (Å²) in [5.41, 5.74) is 3.24. The van der Waals surface area contributed by atoms with Gasteiger partial charge in [0.1, 0.15) is 11.1 Å². The van der Waals surface area contributed by atoms with Crippen LogP contribution >= 0.6 is 11.3 Å². The maximum absolute atomic E-state index is 12.5. The van der Waals surface area contributed by atoms with E-state index in [1.807, 2.05) is 64.6 Å². The molecule has 2 aromatic rings. The van der Waals surface area contributed by atoms with Gasteiger partial charge in [0.25, 0.3) is 0 Å². The van der Waals surface area contributed by atoms with Crippen molar-refractivity contribution < 1.29 is 9.53 Å². The summed E-state index contributed by atoms with van der Waals surface area (Å²) in [5.74, 6) is 0.899. The van der Waals surface area contributed by atoms with Gasteiger partial charge in [0, 0.05) is 38.8 Å². The second-order valence-electron chi connectivity index (χ2n) is 8.28. The highest BCUT2D eigenvalue weighted by Crippen LogP contribution is 2.33. The molecule has 1 saturated heterocycles. The molecule has 192 valence electrons. The molecular weight excluding hydrogens is 456 g/mol. The maximum Gasteiger partial charge on any atom is 0.179 e. The number of carbonyl (C=O) groups excluding carboxylic acids is 1. The summed E-state index contributed by atoms with van der Waals surface area (Å²) in [4.78, 5) is 19.7. The number of ether oxygens (including phenoxy) is 1. The molecule has 1 fully saturated rings. The largest absolute Gasteiger partial charge is 0.388 e. The van der Waals surface area contributed by atoms with Gasteiger partial charge in [-0.25, -0.2) is 4.98 Å². The van der Waals surface area contributed by atoms with Crippen molar-refractivity contribution in [2.75, 3.05) is 27.3 Å². The van der Waals surface area contributed by atoms with Crippen LogP contribution in [0.1, 0.15) is 80.9 Å². The monoisotopic (exact) mass is 498 g/mol. The lowest BCUT2D eigenvalue weighted by Gasteiger charge is -2.05. The van der Waals surface area contributed by atoms with E-state index < -0.39 is 0 Å². The van der Waals surface area contributed by atoms with Crippen molar-refractivity contribution >= 4 is 17.1 Å². The first-order valence-corrected chi connectivity index (χ1v) is 13.2. The number of hydrogen-bond donors (Lipinski definition) is 0. The number of hydrogen-bond acceptors (Lipinski definition) is 7. The van der Waals surface area contributed by atoms with Gasteiger partial charge in [-0.15, -0.1) is 11.3 Å². The Labute approximate surface area is 216 Å². The van der Waals surface area contributed by atoms with Gasteiger partial charge in [0.2, 0.25) is 0 Å². The van der Waals surface area contributed by atoms with Gasteiger partial charge in [-0.3, -0.25) is 4.79 Å². The fourth-order valence-electron chi connectivity index (χ4n) is 3.33. The number of carbonyl (C=O) groups is 1. The topological polar surface area (TPSA) is 90.0 Å². The van der Waals surface area contributed by atoms with E-state index in [1.54, 1.807) is 14.2 Å². The lowest BCUT2D eigenvalue weighted by atomic mass is 10.0. The standard InChI is InChI=1S/C18H20N2OS.C6H10N2.C2H6O.C2H6/c1-5-11(3)16(21)17-15(6-2)20-18(22-17)13-9-7-8-12(4)14(13)10-19;1-6-2-3-8(4-6)5-7;1-3-2;1-2/h7-9,11H,5-6H2,1-4H3;6H,2-4H2,1H3;1-2H3;1-2H3. The van der Waals surface area contributed by atoms with Gasteiger partial charge >= 0.3 is 0 Å². The Balaban J connectivity index is 0.000000734. The normalized spacial score (nSPS) is 14.6. The van der Waals surface area contributed by atoms with Crippen molar-refractivity contribution in [2.24, 2.45) is 11.8 Å². The first kappa shape index (κ1) is 32.3. The zero-order valence-electron chi connectivity index (χ0n) is 22.9. The Morgan fingerprint density at radius 3 is 2.34 bits per heavy atom. The highest BCUT2D eigenvalue weighted by molar-refractivity contribution is 7.17. The minimum Gasteiger partial charge on any atom is -0.388 e. The second kappa shape index (κ2) is 17.7. The Morgan fingerprint density at radius 2 is 1.91 bits per heavy atom. The van der Waals surface area contributed by atoms with Crippen LogP contribution in [0.3, 0.4) is 0 Å². The summed E-state index contributed by atoms with van der Waals surface area (Å²) in [6.45, 7) is 16.0. The van der Waals surface area contributed by atoms with Crippen molar-refractivity contribution in [2.45, 2.75) is 67.7 Å². The quantitative estimate of drug-likeness (QED) is 0.330. The molecular formula is C28H42N4O2S. The van der Waals surface area contributed by atoms with Gasteiger partial charge in [-0.2, -0.15) is 10.5 Å². The highest BCUT2D eigenvalue weighted by Gasteiger charge is 2.22. The summed E-state index contributed by atoms with van der Waals surface area (Å²) in [7, 11) is 3.25. The number of thiazole rings is 1. The van der Waals surface area contributed by atoms with Gasteiger partial charge in [-0.05, 0) is 37.7 Å². The van der Waals surface area contributed by atoms with Crippen LogP contribution in [0, 0.1) is 41.5 Å². The third kappa shape index (κ3) is 9.80. The van der Waals surface area contributed by atoms with E-state index in [0.717, 1.165) is 58.6 Å². The number of nitriles is 2. The molecule has 6 nitrogen and oxygen atoms in total. The van der Waals surface area contributed by atoms with E-state index in [9.17, 15) is 10.1 Å². The zero-order chi connectivity index (χ0) is 27.0. The lowest BCUT2D eigenvalue weighted by molar-refractivity contribution is 0.0930. The number of aromatic nitrogens is 1. The van der Waals surface area contributed by atoms with E-state index in [4.69, 9.17) is 5.26 Å².